The molecule has 0 saturated carbocycles. The number of nitrogens with zero attached hydrogens (tertiary/aromatic N) is 4. The Morgan fingerprint density at radius 2 is 2.00 bits per heavy atom. The van der Waals surface area contributed by atoms with Crippen LogP contribution in [0.15, 0.2) is 18.3 Å². The maximum Gasteiger partial charge on any atom is 0.164 e. The van der Waals surface area contributed by atoms with E-state index in [0.29, 0.717) is 0 Å². The normalized spacial score (nSPS) is 11.5. The highest BCUT2D eigenvalue weighted by atomic mass is 15.3. The Kier molecular flexibility index (Phi) is 2.51. The first-order valence-electron chi connectivity index (χ1n) is 6.36. The van der Waals surface area contributed by atoms with E-state index < -0.39 is 0 Å². The van der Waals surface area contributed by atoms with Gasteiger partial charge in [-0.1, -0.05) is 13.8 Å². The van der Waals surface area contributed by atoms with Gasteiger partial charge in [0.25, 0.3) is 0 Å². The molecule has 0 aromatic carbocycles. The largest absolute Gasteiger partial charge is 0.236 e. The zero-order valence-electron chi connectivity index (χ0n) is 10.9. The van der Waals surface area contributed by atoms with Gasteiger partial charge in [-0.3, -0.25) is 0 Å². The van der Waals surface area contributed by atoms with Gasteiger partial charge in [0, 0.05) is 23.3 Å². The van der Waals surface area contributed by atoms with Crippen LogP contribution < -0.4 is 0 Å². The van der Waals surface area contributed by atoms with Crippen LogP contribution in [0, 0.1) is 6.92 Å². The molecule has 0 N–H and O–H groups in total. The fraction of sp³-hybridized carbons (Fsp3) is 0.357. The molecule has 92 valence electrons. The molecule has 3 aromatic heterocycles. The summed E-state index contributed by atoms with van der Waals surface area (Å²) in [7, 11) is 0. The standard InChI is InChI=1S/C14H16N4/c1-4-10-7-11-8-15-13-6-9(3)17-18(13)14(11)16-12(10)5-2/h6-8H,4-5H2,1-3H3. The minimum absolute atomic E-state index is 0.860. The molecule has 0 aliphatic rings. The van der Waals surface area contributed by atoms with Crippen LogP contribution in [0.3, 0.4) is 0 Å². The first-order valence-corrected chi connectivity index (χ1v) is 6.36. The number of pyridine rings is 1. The van der Waals surface area contributed by atoms with Crippen molar-refractivity contribution in [2.45, 2.75) is 33.6 Å². The Morgan fingerprint density at radius 3 is 2.72 bits per heavy atom. The van der Waals surface area contributed by atoms with Gasteiger partial charge < -0.3 is 0 Å². The van der Waals surface area contributed by atoms with E-state index in [9.17, 15) is 0 Å². The van der Waals surface area contributed by atoms with Crippen LogP contribution in [0.1, 0.15) is 30.8 Å². The van der Waals surface area contributed by atoms with Crippen LogP contribution >= 0.6 is 0 Å². The van der Waals surface area contributed by atoms with Crippen molar-refractivity contribution in [1.82, 2.24) is 19.6 Å². The lowest BCUT2D eigenvalue weighted by Crippen LogP contribution is -2.01. The molecule has 0 radical (unpaired) electrons. The third-order valence-electron chi connectivity index (χ3n) is 3.26. The van der Waals surface area contributed by atoms with Gasteiger partial charge in [0.15, 0.2) is 11.3 Å². The molecule has 0 unspecified atom stereocenters. The van der Waals surface area contributed by atoms with E-state index in [2.05, 4.69) is 30.0 Å². The van der Waals surface area contributed by atoms with Crippen LogP contribution in [0.5, 0.6) is 0 Å². The van der Waals surface area contributed by atoms with Crippen LogP contribution in [0.25, 0.3) is 16.7 Å². The zero-order valence-corrected chi connectivity index (χ0v) is 10.9. The smallest absolute Gasteiger partial charge is 0.164 e. The maximum absolute atomic E-state index is 4.77. The topological polar surface area (TPSA) is 43.1 Å². The van der Waals surface area contributed by atoms with Crippen LogP contribution in [-0.2, 0) is 12.8 Å². The number of aromatic nitrogens is 4. The summed E-state index contributed by atoms with van der Waals surface area (Å²) < 4.78 is 1.84. The van der Waals surface area contributed by atoms with Gasteiger partial charge >= 0.3 is 0 Å². The summed E-state index contributed by atoms with van der Waals surface area (Å²) in [5.41, 5.74) is 5.19. The molecule has 3 rings (SSSR count). The fourth-order valence-electron chi connectivity index (χ4n) is 2.35. The third kappa shape index (κ3) is 1.56. The monoisotopic (exact) mass is 240 g/mol. The molecule has 0 aliphatic carbocycles. The van der Waals surface area contributed by atoms with Crippen molar-refractivity contribution < 1.29 is 0 Å². The van der Waals surface area contributed by atoms with E-state index >= 15 is 0 Å². The molecule has 4 heteroatoms. The van der Waals surface area contributed by atoms with E-state index in [1.807, 2.05) is 23.7 Å². The Morgan fingerprint density at radius 1 is 1.17 bits per heavy atom. The van der Waals surface area contributed by atoms with Crippen LogP contribution in [-0.4, -0.2) is 19.6 Å². The first-order chi connectivity index (χ1) is 8.72. The third-order valence-corrected chi connectivity index (χ3v) is 3.26. The van der Waals surface area contributed by atoms with Crippen molar-refractivity contribution in [2.24, 2.45) is 0 Å². The number of aryl methyl sites for hydroxylation is 3. The predicted molar refractivity (Wildman–Crippen MR) is 71.8 cm³/mol. The van der Waals surface area contributed by atoms with Gasteiger partial charge in [0.2, 0.25) is 0 Å². The lowest BCUT2D eigenvalue weighted by atomic mass is 10.1. The van der Waals surface area contributed by atoms with Crippen molar-refractivity contribution >= 4 is 16.7 Å². The summed E-state index contributed by atoms with van der Waals surface area (Å²) in [4.78, 5) is 9.19. The van der Waals surface area contributed by atoms with Crippen molar-refractivity contribution in [3.63, 3.8) is 0 Å². The molecule has 4 nitrogen and oxygen atoms in total. The lowest BCUT2D eigenvalue weighted by Gasteiger charge is -2.07. The second-order valence-electron chi connectivity index (χ2n) is 4.53. The summed E-state index contributed by atoms with van der Waals surface area (Å²) in [5.74, 6) is 0. The molecule has 0 spiro atoms. The van der Waals surface area contributed by atoms with E-state index in [4.69, 9.17) is 4.98 Å². The van der Waals surface area contributed by atoms with Gasteiger partial charge in [-0.15, -0.1) is 0 Å². The highest BCUT2D eigenvalue weighted by Gasteiger charge is 2.09. The number of hydrogen-bond acceptors (Lipinski definition) is 3. The second-order valence-corrected chi connectivity index (χ2v) is 4.53. The molecule has 0 saturated heterocycles. The van der Waals surface area contributed by atoms with Crippen LogP contribution in [0.4, 0.5) is 0 Å². The molecule has 0 fully saturated rings. The Hall–Kier alpha value is -1.97. The van der Waals surface area contributed by atoms with Gasteiger partial charge in [0.1, 0.15) is 0 Å². The maximum atomic E-state index is 4.77. The molecule has 3 heterocycles. The van der Waals surface area contributed by atoms with Gasteiger partial charge in [0.05, 0.1) is 5.69 Å². The fourth-order valence-corrected chi connectivity index (χ4v) is 2.35. The molecule has 0 bridgehead atoms. The highest BCUT2D eigenvalue weighted by molar-refractivity contribution is 5.77. The molecular formula is C14H16N4. The van der Waals surface area contributed by atoms with Gasteiger partial charge in [-0.25, -0.2) is 9.97 Å². The molecular weight excluding hydrogens is 224 g/mol. The summed E-state index contributed by atoms with van der Waals surface area (Å²) >= 11 is 0. The van der Waals surface area contributed by atoms with Crippen molar-refractivity contribution in [1.29, 1.82) is 0 Å². The quantitative estimate of drug-likeness (QED) is 0.691. The Balaban J connectivity index is 2.42. The van der Waals surface area contributed by atoms with Crippen molar-refractivity contribution in [3.8, 4) is 0 Å². The number of hydrogen-bond donors (Lipinski definition) is 0. The lowest BCUT2D eigenvalue weighted by molar-refractivity contribution is 0.911. The minimum Gasteiger partial charge on any atom is -0.236 e. The average molecular weight is 240 g/mol. The summed E-state index contributed by atoms with van der Waals surface area (Å²) in [6, 6.07) is 4.16. The number of fused-ring (bicyclic) bond motifs is 3. The SMILES string of the molecule is CCc1cc2cnc3cc(C)nn3c2nc1CC. The van der Waals surface area contributed by atoms with E-state index in [1.54, 1.807) is 0 Å². The summed E-state index contributed by atoms with van der Waals surface area (Å²) in [6.07, 6.45) is 3.84. The second kappa shape index (κ2) is 4.05. The van der Waals surface area contributed by atoms with E-state index in [-0.39, 0.29) is 0 Å². The summed E-state index contributed by atoms with van der Waals surface area (Å²) in [5, 5.41) is 5.52. The van der Waals surface area contributed by atoms with Crippen LogP contribution in [0.2, 0.25) is 0 Å². The molecule has 18 heavy (non-hydrogen) atoms. The highest BCUT2D eigenvalue weighted by Crippen LogP contribution is 2.18. The average Bonchev–Trinajstić information content (AvgIpc) is 2.77. The molecule has 0 atom stereocenters. The molecule has 3 aromatic rings. The van der Waals surface area contributed by atoms with Crippen molar-refractivity contribution in [2.75, 3.05) is 0 Å². The van der Waals surface area contributed by atoms with E-state index in [0.717, 1.165) is 40.9 Å². The Labute approximate surface area is 106 Å². The summed E-state index contributed by atoms with van der Waals surface area (Å²) in [6.45, 7) is 6.27. The number of rotatable bonds is 2. The Bertz CT molecular complexity index is 727. The molecule has 0 aliphatic heterocycles. The van der Waals surface area contributed by atoms with Crippen molar-refractivity contribution in [3.05, 3.63) is 35.3 Å². The zero-order chi connectivity index (χ0) is 12.7. The predicted octanol–water partition coefficient (Wildman–Crippen LogP) is 2.71. The molecule has 0 amide bonds. The first kappa shape index (κ1) is 11.1. The van der Waals surface area contributed by atoms with Gasteiger partial charge in [-0.05, 0) is 31.4 Å². The van der Waals surface area contributed by atoms with E-state index in [1.165, 1.54) is 5.56 Å². The van der Waals surface area contributed by atoms with Gasteiger partial charge in [-0.2, -0.15) is 9.61 Å². The minimum atomic E-state index is 0.860.